The first-order valence-electron chi connectivity index (χ1n) is 5.90. The summed E-state index contributed by atoms with van der Waals surface area (Å²) in [7, 11) is 2.03. The first-order valence-corrected chi connectivity index (χ1v) is 7.81. The monoisotopic (exact) mass is 385 g/mol. The second kappa shape index (κ2) is 6.53. The molecule has 0 saturated heterocycles. The third kappa shape index (κ3) is 3.80. The standard InChI is InChI=1S/C15H14Br2FN/c1-19(10-11-2-5-13(18)6-3-11)15-7-4-12(9-16)8-14(15)17/h2-8H,9-10H2,1H3. The van der Waals surface area contributed by atoms with Gasteiger partial charge in [-0.15, -0.1) is 0 Å². The number of hydrogen-bond acceptors (Lipinski definition) is 1. The maximum Gasteiger partial charge on any atom is 0.123 e. The normalized spacial score (nSPS) is 10.5. The van der Waals surface area contributed by atoms with E-state index in [1.54, 1.807) is 0 Å². The van der Waals surface area contributed by atoms with Crippen LogP contribution in [0.2, 0.25) is 0 Å². The fourth-order valence-corrected chi connectivity index (χ4v) is 2.97. The van der Waals surface area contributed by atoms with Gasteiger partial charge in [0.2, 0.25) is 0 Å². The molecule has 0 aliphatic heterocycles. The van der Waals surface area contributed by atoms with Crippen molar-refractivity contribution in [2.75, 3.05) is 11.9 Å². The fraction of sp³-hybridized carbons (Fsp3) is 0.200. The number of hydrogen-bond donors (Lipinski definition) is 0. The molecule has 0 bridgehead atoms. The fourth-order valence-electron chi connectivity index (χ4n) is 1.89. The van der Waals surface area contributed by atoms with E-state index in [0.717, 1.165) is 27.6 Å². The highest BCUT2D eigenvalue weighted by Gasteiger charge is 2.07. The van der Waals surface area contributed by atoms with E-state index in [-0.39, 0.29) is 5.82 Å². The molecule has 0 aliphatic rings. The first kappa shape index (κ1) is 14.5. The van der Waals surface area contributed by atoms with Gasteiger partial charge in [-0.25, -0.2) is 4.39 Å². The van der Waals surface area contributed by atoms with Crippen LogP contribution in [0.4, 0.5) is 10.1 Å². The van der Waals surface area contributed by atoms with Gasteiger partial charge in [-0.05, 0) is 51.3 Å². The number of nitrogens with zero attached hydrogens (tertiary/aromatic N) is 1. The molecule has 0 aromatic heterocycles. The number of alkyl halides is 1. The number of halogens is 3. The molecule has 0 N–H and O–H groups in total. The highest BCUT2D eigenvalue weighted by Crippen LogP contribution is 2.28. The summed E-state index contributed by atoms with van der Waals surface area (Å²) < 4.78 is 13.9. The zero-order chi connectivity index (χ0) is 13.8. The van der Waals surface area contributed by atoms with Gasteiger partial charge in [-0.1, -0.05) is 34.1 Å². The van der Waals surface area contributed by atoms with Gasteiger partial charge in [-0.3, -0.25) is 0 Å². The van der Waals surface area contributed by atoms with Gasteiger partial charge in [-0.2, -0.15) is 0 Å². The SMILES string of the molecule is CN(Cc1ccc(F)cc1)c1ccc(CBr)cc1Br. The van der Waals surface area contributed by atoms with Crippen molar-refractivity contribution in [3.8, 4) is 0 Å². The minimum Gasteiger partial charge on any atom is -0.369 e. The van der Waals surface area contributed by atoms with Gasteiger partial charge >= 0.3 is 0 Å². The molecule has 0 aliphatic carbocycles. The summed E-state index contributed by atoms with van der Waals surface area (Å²) >= 11 is 7.03. The lowest BCUT2D eigenvalue weighted by Gasteiger charge is -2.21. The zero-order valence-corrected chi connectivity index (χ0v) is 13.7. The van der Waals surface area contributed by atoms with Crippen molar-refractivity contribution in [3.05, 3.63) is 63.9 Å². The van der Waals surface area contributed by atoms with Crippen LogP contribution in [0.15, 0.2) is 46.9 Å². The minimum absolute atomic E-state index is 0.200. The molecule has 0 radical (unpaired) electrons. The lowest BCUT2D eigenvalue weighted by Crippen LogP contribution is -2.16. The molecule has 0 unspecified atom stereocenters. The van der Waals surface area contributed by atoms with E-state index >= 15 is 0 Å². The second-order valence-electron chi connectivity index (χ2n) is 4.40. The molecule has 0 amide bonds. The zero-order valence-electron chi connectivity index (χ0n) is 10.5. The summed E-state index contributed by atoms with van der Waals surface area (Å²) in [5.41, 5.74) is 3.43. The van der Waals surface area contributed by atoms with Crippen LogP contribution >= 0.6 is 31.9 Å². The Balaban J connectivity index is 2.15. The largest absolute Gasteiger partial charge is 0.369 e. The van der Waals surface area contributed by atoms with Crippen molar-refractivity contribution in [2.24, 2.45) is 0 Å². The maximum atomic E-state index is 12.9. The van der Waals surface area contributed by atoms with Crippen LogP contribution in [-0.2, 0) is 11.9 Å². The summed E-state index contributed by atoms with van der Waals surface area (Å²) in [5, 5.41) is 0.841. The molecule has 0 atom stereocenters. The summed E-state index contributed by atoms with van der Waals surface area (Å²) in [6.45, 7) is 0.743. The van der Waals surface area contributed by atoms with Gasteiger partial charge < -0.3 is 4.90 Å². The third-order valence-corrected chi connectivity index (χ3v) is 4.19. The number of benzene rings is 2. The Kier molecular flexibility index (Phi) is 4.99. The van der Waals surface area contributed by atoms with Gasteiger partial charge in [0.05, 0.1) is 5.69 Å². The third-order valence-electron chi connectivity index (χ3n) is 2.91. The highest BCUT2D eigenvalue weighted by molar-refractivity contribution is 9.10. The molecule has 0 spiro atoms. The van der Waals surface area contributed by atoms with E-state index in [2.05, 4.69) is 55.0 Å². The van der Waals surface area contributed by atoms with E-state index in [9.17, 15) is 4.39 Å². The first-order chi connectivity index (χ1) is 9.10. The summed E-state index contributed by atoms with van der Waals surface area (Å²) in [5.74, 6) is -0.200. The van der Waals surface area contributed by atoms with E-state index in [1.165, 1.54) is 17.7 Å². The van der Waals surface area contributed by atoms with Crippen LogP contribution in [0, 0.1) is 5.82 Å². The molecule has 0 heterocycles. The van der Waals surface area contributed by atoms with E-state index < -0.39 is 0 Å². The average molecular weight is 387 g/mol. The predicted molar refractivity (Wildman–Crippen MR) is 85.3 cm³/mol. The van der Waals surface area contributed by atoms with Crippen molar-refractivity contribution < 1.29 is 4.39 Å². The topological polar surface area (TPSA) is 3.24 Å². The molecule has 1 nitrogen and oxygen atoms in total. The van der Waals surface area contributed by atoms with E-state index in [0.29, 0.717) is 0 Å². The smallest absolute Gasteiger partial charge is 0.123 e. The average Bonchev–Trinajstić information content (AvgIpc) is 2.41. The van der Waals surface area contributed by atoms with Crippen LogP contribution in [0.5, 0.6) is 0 Å². The van der Waals surface area contributed by atoms with Crippen molar-refractivity contribution in [2.45, 2.75) is 11.9 Å². The van der Waals surface area contributed by atoms with Crippen LogP contribution < -0.4 is 4.90 Å². The van der Waals surface area contributed by atoms with Crippen LogP contribution in [-0.4, -0.2) is 7.05 Å². The molecular weight excluding hydrogens is 373 g/mol. The molecule has 0 saturated carbocycles. The highest BCUT2D eigenvalue weighted by atomic mass is 79.9. The number of anilines is 1. The molecule has 100 valence electrons. The minimum atomic E-state index is -0.200. The van der Waals surface area contributed by atoms with Gasteiger partial charge in [0.15, 0.2) is 0 Å². The van der Waals surface area contributed by atoms with E-state index in [4.69, 9.17) is 0 Å². The molecule has 2 aromatic rings. The predicted octanol–water partition coefficient (Wildman–Crippen LogP) is 5.12. The molecule has 2 rings (SSSR count). The molecule has 4 heteroatoms. The van der Waals surface area contributed by atoms with Crippen LogP contribution in [0.3, 0.4) is 0 Å². The molecule has 2 aromatic carbocycles. The Labute approximate surface area is 129 Å². The van der Waals surface area contributed by atoms with Gasteiger partial charge in [0.1, 0.15) is 5.82 Å². The van der Waals surface area contributed by atoms with Gasteiger partial charge in [0, 0.05) is 23.4 Å². The quantitative estimate of drug-likeness (QED) is 0.659. The van der Waals surface area contributed by atoms with Crippen LogP contribution in [0.1, 0.15) is 11.1 Å². The Bertz CT molecular complexity index is 555. The summed E-state index contributed by atoms with van der Waals surface area (Å²) in [6.07, 6.45) is 0. The Hall–Kier alpha value is -0.870. The lowest BCUT2D eigenvalue weighted by molar-refractivity contribution is 0.627. The summed E-state index contributed by atoms with van der Waals surface area (Å²) in [6, 6.07) is 12.9. The Morgan fingerprint density at radius 1 is 1.05 bits per heavy atom. The Morgan fingerprint density at radius 3 is 2.26 bits per heavy atom. The second-order valence-corrected chi connectivity index (χ2v) is 5.82. The maximum absolute atomic E-state index is 12.9. The molecular formula is C15H14Br2FN. The molecule has 19 heavy (non-hydrogen) atoms. The number of rotatable bonds is 4. The van der Waals surface area contributed by atoms with Crippen molar-refractivity contribution in [1.29, 1.82) is 0 Å². The Morgan fingerprint density at radius 2 is 1.68 bits per heavy atom. The van der Waals surface area contributed by atoms with Crippen molar-refractivity contribution >= 4 is 37.5 Å². The van der Waals surface area contributed by atoms with E-state index in [1.807, 2.05) is 19.2 Å². The summed E-state index contributed by atoms with van der Waals surface area (Å²) in [4.78, 5) is 2.13. The van der Waals surface area contributed by atoms with Crippen molar-refractivity contribution in [1.82, 2.24) is 0 Å². The van der Waals surface area contributed by atoms with Gasteiger partial charge in [0.25, 0.3) is 0 Å². The van der Waals surface area contributed by atoms with Crippen molar-refractivity contribution in [3.63, 3.8) is 0 Å². The molecule has 0 fully saturated rings. The van der Waals surface area contributed by atoms with Crippen LogP contribution in [0.25, 0.3) is 0 Å². The lowest BCUT2D eigenvalue weighted by atomic mass is 10.2.